The van der Waals surface area contributed by atoms with Gasteiger partial charge in [0, 0.05) is 19.0 Å². The normalized spacial score (nSPS) is 26.6. The number of rotatable bonds is 3. The van der Waals surface area contributed by atoms with Crippen LogP contribution in [-0.4, -0.2) is 24.4 Å². The van der Waals surface area contributed by atoms with Crippen LogP contribution in [0.3, 0.4) is 0 Å². The van der Waals surface area contributed by atoms with E-state index in [0.29, 0.717) is 12.6 Å². The maximum absolute atomic E-state index is 12.6. The maximum Gasteiger partial charge on any atom is 0.233 e. The molecule has 3 rings (SSSR count). The lowest BCUT2D eigenvalue weighted by atomic mass is 9.78. The van der Waals surface area contributed by atoms with Crippen LogP contribution < -0.4 is 10.6 Å². The molecule has 2 N–H and O–H groups in total. The molecular formula is C15H18N2O2. The molecule has 4 heteroatoms. The van der Waals surface area contributed by atoms with E-state index in [-0.39, 0.29) is 18.2 Å². The van der Waals surface area contributed by atoms with Crippen LogP contribution in [0.5, 0.6) is 0 Å². The molecule has 4 nitrogen and oxygen atoms in total. The Kier molecular flexibility index (Phi) is 3.01. The molecule has 0 radical (unpaired) electrons. The van der Waals surface area contributed by atoms with Crippen LogP contribution >= 0.6 is 0 Å². The molecule has 0 unspecified atom stereocenters. The van der Waals surface area contributed by atoms with E-state index in [1.165, 1.54) is 6.42 Å². The number of carbonyl (C=O) groups is 2. The van der Waals surface area contributed by atoms with Crippen LogP contribution in [0.2, 0.25) is 0 Å². The summed E-state index contributed by atoms with van der Waals surface area (Å²) in [6, 6.07) is 9.91. The fourth-order valence-corrected chi connectivity index (χ4v) is 2.78. The molecule has 19 heavy (non-hydrogen) atoms. The van der Waals surface area contributed by atoms with Crippen molar-refractivity contribution in [2.45, 2.75) is 37.1 Å². The first-order valence-corrected chi connectivity index (χ1v) is 6.84. The Morgan fingerprint density at radius 3 is 2.53 bits per heavy atom. The number of nitrogens with one attached hydrogen (secondary N) is 2. The first-order chi connectivity index (χ1) is 9.21. The molecule has 0 spiro atoms. The molecule has 100 valence electrons. The van der Waals surface area contributed by atoms with Gasteiger partial charge in [0.15, 0.2) is 0 Å². The van der Waals surface area contributed by atoms with Crippen LogP contribution in [0.1, 0.15) is 31.2 Å². The molecular weight excluding hydrogens is 240 g/mol. The van der Waals surface area contributed by atoms with Crippen molar-refractivity contribution in [1.29, 1.82) is 0 Å². The van der Waals surface area contributed by atoms with Gasteiger partial charge in [-0.3, -0.25) is 9.59 Å². The second-order valence-electron chi connectivity index (χ2n) is 5.50. The van der Waals surface area contributed by atoms with E-state index >= 15 is 0 Å². The Labute approximate surface area is 112 Å². The zero-order valence-corrected chi connectivity index (χ0v) is 10.8. The van der Waals surface area contributed by atoms with Crippen molar-refractivity contribution < 1.29 is 9.59 Å². The summed E-state index contributed by atoms with van der Waals surface area (Å²) in [6.07, 6.45) is 3.53. The van der Waals surface area contributed by atoms with Gasteiger partial charge in [-0.15, -0.1) is 0 Å². The minimum atomic E-state index is -0.728. The first-order valence-electron chi connectivity index (χ1n) is 6.84. The third-order valence-corrected chi connectivity index (χ3v) is 4.25. The zero-order valence-electron chi connectivity index (χ0n) is 10.8. The first kappa shape index (κ1) is 12.2. The van der Waals surface area contributed by atoms with Crippen molar-refractivity contribution in [1.82, 2.24) is 10.6 Å². The summed E-state index contributed by atoms with van der Waals surface area (Å²) in [5.41, 5.74) is 0.193. The van der Waals surface area contributed by atoms with Crippen LogP contribution in [-0.2, 0) is 15.0 Å². The number of amides is 2. The van der Waals surface area contributed by atoms with Gasteiger partial charge in [-0.25, -0.2) is 0 Å². The lowest BCUT2D eigenvalue weighted by molar-refractivity contribution is -0.129. The van der Waals surface area contributed by atoms with E-state index in [9.17, 15) is 9.59 Å². The Hall–Kier alpha value is -1.84. The fraction of sp³-hybridized carbons (Fsp3) is 0.467. The van der Waals surface area contributed by atoms with E-state index in [4.69, 9.17) is 0 Å². The predicted octanol–water partition coefficient (Wildman–Crippen LogP) is 1.11. The number of carbonyl (C=O) groups excluding carboxylic acids is 2. The molecule has 2 amide bonds. The number of hydrogen-bond acceptors (Lipinski definition) is 2. The average molecular weight is 258 g/mol. The summed E-state index contributed by atoms with van der Waals surface area (Å²) in [5.74, 6) is -0.0608. The van der Waals surface area contributed by atoms with E-state index < -0.39 is 5.41 Å². The number of hydrogen-bond donors (Lipinski definition) is 2. The molecule has 1 saturated carbocycles. The van der Waals surface area contributed by atoms with Gasteiger partial charge in [0.05, 0.1) is 0 Å². The summed E-state index contributed by atoms with van der Waals surface area (Å²) in [5, 5.41) is 5.89. The largest absolute Gasteiger partial charge is 0.355 e. The quantitative estimate of drug-likeness (QED) is 0.853. The third kappa shape index (κ3) is 2.11. The van der Waals surface area contributed by atoms with Crippen molar-refractivity contribution >= 4 is 11.8 Å². The van der Waals surface area contributed by atoms with Crippen molar-refractivity contribution in [2.75, 3.05) is 6.54 Å². The van der Waals surface area contributed by atoms with Crippen molar-refractivity contribution in [3.05, 3.63) is 35.9 Å². The summed E-state index contributed by atoms with van der Waals surface area (Å²) >= 11 is 0. The van der Waals surface area contributed by atoms with E-state index in [1.807, 2.05) is 30.3 Å². The molecule has 1 saturated heterocycles. The van der Waals surface area contributed by atoms with Gasteiger partial charge >= 0.3 is 0 Å². The summed E-state index contributed by atoms with van der Waals surface area (Å²) in [6.45, 7) is 0.397. The van der Waals surface area contributed by atoms with Gasteiger partial charge in [-0.1, -0.05) is 30.3 Å². The lowest BCUT2D eigenvalue weighted by Crippen LogP contribution is -2.51. The summed E-state index contributed by atoms with van der Waals surface area (Å²) in [7, 11) is 0. The summed E-state index contributed by atoms with van der Waals surface area (Å²) < 4.78 is 0. The smallest absolute Gasteiger partial charge is 0.233 e. The van der Waals surface area contributed by atoms with Gasteiger partial charge in [0.2, 0.25) is 11.8 Å². The van der Waals surface area contributed by atoms with E-state index in [0.717, 1.165) is 18.4 Å². The highest BCUT2D eigenvalue weighted by Gasteiger charge is 2.47. The van der Waals surface area contributed by atoms with Crippen LogP contribution in [0.25, 0.3) is 0 Å². The summed E-state index contributed by atoms with van der Waals surface area (Å²) in [4.78, 5) is 24.2. The molecule has 0 aromatic heterocycles. The van der Waals surface area contributed by atoms with Gasteiger partial charge in [0.25, 0.3) is 0 Å². The minimum Gasteiger partial charge on any atom is -0.355 e. The molecule has 1 heterocycles. The molecule has 2 fully saturated rings. The highest BCUT2D eigenvalue weighted by molar-refractivity contribution is 5.97. The van der Waals surface area contributed by atoms with Gasteiger partial charge in [-0.05, 0) is 24.8 Å². The Morgan fingerprint density at radius 2 is 2.00 bits per heavy atom. The molecule has 1 aromatic rings. The second-order valence-corrected chi connectivity index (χ2v) is 5.50. The monoisotopic (exact) mass is 258 g/mol. The predicted molar refractivity (Wildman–Crippen MR) is 71.5 cm³/mol. The van der Waals surface area contributed by atoms with Gasteiger partial charge in [-0.2, -0.15) is 0 Å². The molecule has 1 aromatic carbocycles. The Morgan fingerprint density at radius 1 is 1.26 bits per heavy atom. The molecule has 1 atom stereocenters. The standard InChI is InChI=1S/C15H18N2O2/c18-13-9-15(10-16-13,11-5-2-1-3-6-11)14(19)17-12-7-4-8-12/h1-3,5-6,12H,4,7-10H2,(H,16,18)(H,17,19)/t15-/m1/s1. The molecule has 0 bridgehead atoms. The highest BCUT2D eigenvalue weighted by Crippen LogP contribution is 2.32. The second kappa shape index (κ2) is 4.68. The molecule has 1 aliphatic heterocycles. The van der Waals surface area contributed by atoms with Crippen LogP contribution in [0.4, 0.5) is 0 Å². The van der Waals surface area contributed by atoms with Gasteiger partial charge in [0.1, 0.15) is 5.41 Å². The Balaban J connectivity index is 1.88. The minimum absolute atomic E-state index is 0.0123. The van der Waals surface area contributed by atoms with Crippen molar-refractivity contribution in [2.24, 2.45) is 0 Å². The van der Waals surface area contributed by atoms with Crippen LogP contribution in [0.15, 0.2) is 30.3 Å². The van der Waals surface area contributed by atoms with E-state index in [1.54, 1.807) is 0 Å². The fourth-order valence-electron chi connectivity index (χ4n) is 2.78. The Bertz CT molecular complexity index is 496. The zero-order chi connectivity index (χ0) is 13.3. The SMILES string of the molecule is O=C1C[C@](C(=O)NC2CCC2)(c2ccccc2)CN1. The third-order valence-electron chi connectivity index (χ3n) is 4.25. The number of benzene rings is 1. The molecule has 2 aliphatic rings. The van der Waals surface area contributed by atoms with E-state index in [2.05, 4.69) is 10.6 Å². The van der Waals surface area contributed by atoms with Crippen LogP contribution in [0, 0.1) is 0 Å². The maximum atomic E-state index is 12.6. The highest BCUT2D eigenvalue weighted by atomic mass is 16.2. The molecule has 1 aliphatic carbocycles. The lowest BCUT2D eigenvalue weighted by Gasteiger charge is -2.33. The topological polar surface area (TPSA) is 58.2 Å². The van der Waals surface area contributed by atoms with Gasteiger partial charge < -0.3 is 10.6 Å². The average Bonchev–Trinajstić information content (AvgIpc) is 2.78. The van der Waals surface area contributed by atoms with Crippen molar-refractivity contribution in [3.8, 4) is 0 Å². The van der Waals surface area contributed by atoms with Crippen molar-refractivity contribution in [3.63, 3.8) is 0 Å².